The van der Waals surface area contributed by atoms with E-state index in [0.29, 0.717) is 5.56 Å². The lowest BCUT2D eigenvalue weighted by molar-refractivity contribution is 0.102. The molecule has 0 fully saturated rings. The lowest BCUT2D eigenvalue weighted by Crippen LogP contribution is -2.13. The molecule has 2 nitrogen and oxygen atoms in total. The van der Waals surface area contributed by atoms with Gasteiger partial charge in [0.05, 0.1) is 0 Å². The fourth-order valence-corrected chi connectivity index (χ4v) is 3.70. The normalized spacial score (nSPS) is 10.8. The molecule has 0 bridgehead atoms. The van der Waals surface area contributed by atoms with Crippen molar-refractivity contribution in [3.63, 3.8) is 0 Å². The molecular formula is C19H15BrINO. The Bertz CT molecular complexity index is 921. The Morgan fingerprint density at radius 3 is 2.48 bits per heavy atom. The summed E-state index contributed by atoms with van der Waals surface area (Å²) in [5, 5.41) is 5.03. The van der Waals surface area contributed by atoms with Gasteiger partial charge in [0.2, 0.25) is 0 Å². The highest BCUT2D eigenvalue weighted by Crippen LogP contribution is 2.28. The fourth-order valence-electron chi connectivity index (χ4n) is 2.57. The first-order valence-corrected chi connectivity index (χ1v) is 9.10. The molecule has 3 rings (SSSR count). The van der Waals surface area contributed by atoms with E-state index in [0.717, 1.165) is 32.1 Å². The summed E-state index contributed by atoms with van der Waals surface area (Å²) in [5.41, 5.74) is 3.77. The van der Waals surface area contributed by atoms with Crippen LogP contribution in [-0.2, 0) is 0 Å². The molecule has 4 heteroatoms. The molecule has 23 heavy (non-hydrogen) atoms. The Kier molecular flexibility index (Phi) is 4.73. The SMILES string of the molecule is Cc1cc(NC(=O)c2cccc3c(Br)cccc23)c(C)cc1I. The van der Waals surface area contributed by atoms with Gasteiger partial charge in [0.15, 0.2) is 0 Å². The lowest BCUT2D eigenvalue weighted by Gasteiger charge is -2.12. The van der Waals surface area contributed by atoms with Crippen LogP contribution in [0.15, 0.2) is 53.0 Å². The summed E-state index contributed by atoms with van der Waals surface area (Å²) in [4.78, 5) is 12.8. The number of hydrogen-bond acceptors (Lipinski definition) is 1. The fraction of sp³-hybridized carbons (Fsp3) is 0.105. The van der Waals surface area contributed by atoms with Crippen LogP contribution in [0.5, 0.6) is 0 Å². The van der Waals surface area contributed by atoms with Crippen molar-refractivity contribution in [1.29, 1.82) is 0 Å². The van der Waals surface area contributed by atoms with Crippen molar-refractivity contribution in [2.45, 2.75) is 13.8 Å². The molecule has 0 aliphatic rings. The van der Waals surface area contributed by atoms with Gasteiger partial charge in [-0.15, -0.1) is 0 Å². The van der Waals surface area contributed by atoms with Crippen molar-refractivity contribution in [3.05, 3.63) is 73.3 Å². The maximum absolute atomic E-state index is 12.8. The number of halogens is 2. The Hall–Kier alpha value is -1.40. The van der Waals surface area contributed by atoms with Gasteiger partial charge in [0, 0.05) is 19.3 Å². The molecule has 0 atom stereocenters. The summed E-state index contributed by atoms with van der Waals surface area (Å²) in [6, 6.07) is 15.8. The Morgan fingerprint density at radius 2 is 1.70 bits per heavy atom. The molecule has 0 saturated heterocycles. The highest BCUT2D eigenvalue weighted by Gasteiger charge is 2.13. The van der Waals surface area contributed by atoms with Crippen LogP contribution in [0.1, 0.15) is 21.5 Å². The molecule has 0 heterocycles. The van der Waals surface area contributed by atoms with Gasteiger partial charge in [-0.3, -0.25) is 4.79 Å². The third-order valence-corrected chi connectivity index (χ3v) is 5.72. The predicted molar refractivity (Wildman–Crippen MR) is 108 cm³/mol. The summed E-state index contributed by atoms with van der Waals surface area (Å²) in [6.07, 6.45) is 0. The third kappa shape index (κ3) is 3.28. The molecule has 0 spiro atoms. The van der Waals surface area contributed by atoms with E-state index in [1.807, 2.05) is 56.3 Å². The van der Waals surface area contributed by atoms with E-state index in [-0.39, 0.29) is 5.91 Å². The van der Waals surface area contributed by atoms with Gasteiger partial charge in [-0.1, -0.05) is 40.2 Å². The summed E-state index contributed by atoms with van der Waals surface area (Å²) >= 11 is 5.85. The van der Waals surface area contributed by atoms with Crippen LogP contribution in [0, 0.1) is 17.4 Å². The van der Waals surface area contributed by atoms with Crippen LogP contribution in [0.4, 0.5) is 5.69 Å². The van der Waals surface area contributed by atoms with Gasteiger partial charge >= 0.3 is 0 Å². The van der Waals surface area contributed by atoms with Crippen LogP contribution in [0.25, 0.3) is 10.8 Å². The first kappa shape index (κ1) is 16.5. The highest BCUT2D eigenvalue weighted by atomic mass is 127. The van der Waals surface area contributed by atoms with E-state index in [9.17, 15) is 4.79 Å². The second-order valence-corrected chi connectivity index (χ2v) is 7.53. The van der Waals surface area contributed by atoms with Gasteiger partial charge in [-0.05, 0) is 82.6 Å². The maximum atomic E-state index is 12.8. The van der Waals surface area contributed by atoms with Crippen LogP contribution < -0.4 is 5.32 Å². The minimum absolute atomic E-state index is 0.0857. The minimum atomic E-state index is -0.0857. The topological polar surface area (TPSA) is 29.1 Å². The zero-order valence-corrected chi connectivity index (χ0v) is 16.5. The van der Waals surface area contributed by atoms with Crippen molar-refractivity contribution < 1.29 is 4.79 Å². The number of carbonyl (C=O) groups is 1. The Balaban J connectivity index is 2.02. The van der Waals surface area contributed by atoms with Gasteiger partial charge in [0.25, 0.3) is 5.91 Å². The summed E-state index contributed by atoms with van der Waals surface area (Å²) in [6.45, 7) is 4.06. The number of benzene rings is 3. The third-order valence-electron chi connectivity index (χ3n) is 3.87. The largest absolute Gasteiger partial charge is 0.322 e. The Morgan fingerprint density at radius 1 is 1.00 bits per heavy atom. The molecule has 116 valence electrons. The second kappa shape index (κ2) is 6.61. The van der Waals surface area contributed by atoms with E-state index >= 15 is 0 Å². The summed E-state index contributed by atoms with van der Waals surface area (Å²) in [7, 11) is 0. The van der Waals surface area contributed by atoms with Gasteiger partial charge < -0.3 is 5.32 Å². The number of hydrogen-bond donors (Lipinski definition) is 1. The number of fused-ring (bicyclic) bond motifs is 1. The van der Waals surface area contributed by atoms with Crippen LogP contribution in [0.3, 0.4) is 0 Å². The molecule has 1 amide bonds. The van der Waals surface area contributed by atoms with Crippen molar-refractivity contribution in [1.82, 2.24) is 0 Å². The number of anilines is 1. The van der Waals surface area contributed by atoms with Crippen molar-refractivity contribution in [3.8, 4) is 0 Å². The van der Waals surface area contributed by atoms with Gasteiger partial charge in [-0.25, -0.2) is 0 Å². The average molecular weight is 480 g/mol. The number of nitrogens with one attached hydrogen (secondary N) is 1. The van der Waals surface area contributed by atoms with Crippen LogP contribution in [0.2, 0.25) is 0 Å². The average Bonchev–Trinajstić information content (AvgIpc) is 2.52. The first-order chi connectivity index (χ1) is 11.0. The molecule has 3 aromatic carbocycles. The van der Waals surface area contributed by atoms with E-state index < -0.39 is 0 Å². The zero-order valence-electron chi connectivity index (χ0n) is 12.8. The molecule has 0 radical (unpaired) electrons. The van der Waals surface area contributed by atoms with Gasteiger partial charge in [0.1, 0.15) is 0 Å². The number of amides is 1. The first-order valence-electron chi connectivity index (χ1n) is 7.22. The monoisotopic (exact) mass is 479 g/mol. The van der Waals surface area contributed by atoms with Crippen LogP contribution in [-0.4, -0.2) is 5.91 Å². The molecule has 3 aromatic rings. The number of aryl methyl sites for hydroxylation is 2. The minimum Gasteiger partial charge on any atom is -0.322 e. The maximum Gasteiger partial charge on any atom is 0.256 e. The molecule has 0 aliphatic carbocycles. The van der Waals surface area contributed by atoms with E-state index in [1.165, 1.54) is 3.57 Å². The standard InChI is InChI=1S/C19H15BrINO/c1-11-10-18(12(2)9-17(11)21)22-19(23)15-7-3-6-14-13(15)5-4-8-16(14)20/h3-10H,1-2H3,(H,22,23). The van der Waals surface area contributed by atoms with Gasteiger partial charge in [-0.2, -0.15) is 0 Å². The van der Waals surface area contributed by atoms with Crippen LogP contribution >= 0.6 is 38.5 Å². The van der Waals surface area contributed by atoms with E-state index in [1.54, 1.807) is 0 Å². The quantitative estimate of drug-likeness (QED) is 0.443. The zero-order chi connectivity index (χ0) is 16.6. The lowest BCUT2D eigenvalue weighted by atomic mass is 10.0. The molecular weight excluding hydrogens is 465 g/mol. The number of carbonyl (C=O) groups excluding carboxylic acids is 1. The molecule has 0 aliphatic heterocycles. The summed E-state index contributed by atoms with van der Waals surface area (Å²) < 4.78 is 2.19. The Labute approximate surface area is 157 Å². The molecule has 0 aromatic heterocycles. The molecule has 1 N–H and O–H groups in total. The second-order valence-electron chi connectivity index (χ2n) is 5.51. The summed E-state index contributed by atoms with van der Waals surface area (Å²) in [5.74, 6) is -0.0857. The van der Waals surface area contributed by atoms with Crippen molar-refractivity contribution in [2.24, 2.45) is 0 Å². The molecule has 0 unspecified atom stereocenters. The smallest absolute Gasteiger partial charge is 0.256 e. The van der Waals surface area contributed by atoms with E-state index in [4.69, 9.17) is 0 Å². The van der Waals surface area contributed by atoms with E-state index in [2.05, 4.69) is 49.9 Å². The highest BCUT2D eigenvalue weighted by molar-refractivity contribution is 14.1. The number of rotatable bonds is 2. The van der Waals surface area contributed by atoms with Crippen molar-refractivity contribution in [2.75, 3.05) is 5.32 Å². The molecule has 0 saturated carbocycles. The predicted octanol–water partition coefficient (Wildman–Crippen LogP) is 6.08. The van der Waals surface area contributed by atoms with Crippen molar-refractivity contribution >= 4 is 60.9 Å².